The zero-order valence-corrected chi connectivity index (χ0v) is 34.6. The standard InChI is InChI=1S/C45H82O9/c1-3-5-7-8-9-10-11-12-13-14-15-16-17-18-19-20-21-22-24-29-44(51)53-35-39(48)36-54-45(52)30-26-25-28-38(47)33-41-40(42(49)34-43(41)50)32-31-37(46)27-23-6-4-2/h31-32,37,39-43,46,48-50H,3-30,33-36H2,1-2H3/b32-31+/t37-,39-,40+,41+,42+,43-/m0/s1. The smallest absolute Gasteiger partial charge is 0.305 e. The highest BCUT2D eigenvalue weighted by atomic mass is 16.6. The van der Waals surface area contributed by atoms with Crippen LogP contribution in [0.3, 0.4) is 0 Å². The predicted octanol–water partition coefficient (Wildman–Crippen LogP) is 9.63. The Kier molecular flexibility index (Phi) is 32.0. The zero-order valence-electron chi connectivity index (χ0n) is 34.6. The van der Waals surface area contributed by atoms with Crippen LogP contribution < -0.4 is 0 Å². The van der Waals surface area contributed by atoms with Gasteiger partial charge in [-0.05, 0) is 25.7 Å². The first-order valence-corrected chi connectivity index (χ1v) is 22.4. The fourth-order valence-corrected chi connectivity index (χ4v) is 7.50. The van der Waals surface area contributed by atoms with E-state index in [9.17, 15) is 34.8 Å². The molecule has 0 aliphatic heterocycles. The van der Waals surface area contributed by atoms with Gasteiger partial charge in [-0.3, -0.25) is 14.4 Å². The van der Waals surface area contributed by atoms with Gasteiger partial charge in [-0.15, -0.1) is 0 Å². The maximum absolute atomic E-state index is 12.7. The van der Waals surface area contributed by atoms with Crippen molar-refractivity contribution in [3.63, 3.8) is 0 Å². The minimum absolute atomic E-state index is 0.0409. The van der Waals surface area contributed by atoms with Crippen molar-refractivity contribution in [2.45, 2.75) is 231 Å². The van der Waals surface area contributed by atoms with Gasteiger partial charge in [0, 0.05) is 43.9 Å². The molecule has 9 heteroatoms. The minimum Gasteiger partial charge on any atom is -0.463 e. The largest absolute Gasteiger partial charge is 0.463 e. The van der Waals surface area contributed by atoms with Crippen LogP contribution in [0.2, 0.25) is 0 Å². The minimum atomic E-state index is -1.09. The van der Waals surface area contributed by atoms with Crippen LogP contribution in [0.5, 0.6) is 0 Å². The SMILES string of the molecule is CCCCCCCCCCCCCCCCCCCCCC(=O)OC[C@H](O)COC(=O)CCCCC(=O)C[C@@H]1[C@@H](/C=C/[C@@H](O)CCCCC)[C@H](O)C[C@@H]1O. The lowest BCUT2D eigenvalue weighted by Gasteiger charge is -2.20. The molecular weight excluding hydrogens is 684 g/mol. The van der Waals surface area contributed by atoms with E-state index in [0.29, 0.717) is 25.7 Å². The predicted molar refractivity (Wildman–Crippen MR) is 217 cm³/mol. The Balaban J connectivity index is 1.99. The van der Waals surface area contributed by atoms with E-state index in [1.54, 1.807) is 12.2 Å². The lowest BCUT2D eigenvalue weighted by molar-refractivity contribution is -0.152. The molecule has 1 rings (SSSR count). The summed E-state index contributed by atoms with van der Waals surface area (Å²) in [5, 5.41) is 41.2. The van der Waals surface area contributed by atoms with E-state index in [0.717, 1.165) is 38.5 Å². The van der Waals surface area contributed by atoms with Crippen LogP contribution in [-0.2, 0) is 23.9 Å². The highest BCUT2D eigenvalue weighted by Gasteiger charge is 2.41. The summed E-state index contributed by atoms with van der Waals surface area (Å²) in [6.07, 6.45) is 30.5. The molecule has 54 heavy (non-hydrogen) atoms. The van der Waals surface area contributed by atoms with Crippen molar-refractivity contribution >= 4 is 17.7 Å². The summed E-state index contributed by atoms with van der Waals surface area (Å²) in [6, 6.07) is 0. The molecule has 1 aliphatic rings. The second-order valence-electron chi connectivity index (χ2n) is 16.1. The quantitative estimate of drug-likeness (QED) is 0.0275. The summed E-state index contributed by atoms with van der Waals surface area (Å²) in [7, 11) is 0. The van der Waals surface area contributed by atoms with E-state index < -0.39 is 36.3 Å². The van der Waals surface area contributed by atoms with Crippen molar-refractivity contribution in [1.82, 2.24) is 0 Å². The second-order valence-corrected chi connectivity index (χ2v) is 16.1. The number of hydrogen-bond donors (Lipinski definition) is 4. The first-order chi connectivity index (χ1) is 26.2. The number of Topliss-reactive ketones (excluding diaryl/α,β-unsaturated/α-hetero) is 1. The first kappa shape index (κ1) is 50.2. The summed E-state index contributed by atoms with van der Waals surface area (Å²) < 4.78 is 10.3. The van der Waals surface area contributed by atoms with Crippen molar-refractivity contribution in [3.8, 4) is 0 Å². The van der Waals surface area contributed by atoms with Gasteiger partial charge in [0.15, 0.2) is 0 Å². The van der Waals surface area contributed by atoms with E-state index in [1.165, 1.54) is 103 Å². The van der Waals surface area contributed by atoms with E-state index in [2.05, 4.69) is 13.8 Å². The summed E-state index contributed by atoms with van der Waals surface area (Å²) >= 11 is 0. The molecule has 0 unspecified atom stereocenters. The third-order valence-corrected chi connectivity index (χ3v) is 11.0. The normalized spacial score (nSPS) is 19.7. The van der Waals surface area contributed by atoms with Crippen molar-refractivity contribution in [2.75, 3.05) is 13.2 Å². The fraction of sp³-hybridized carbons (Fsp3) is 0.889. The number of rotatable bonds is 37. The number of unbranched alkanes of at least 4 members (excludes halogenated alkanes) is 21. The lowest BCUT2D eigenvalue weighted by atomic mass is 9.87. The zero-order chi connectivity index (χ0) is 39.7. The maximum Gasteiger partial charge on any atom is 0.305 e. The van der Waals surface area contributed by atoms with Gasteiger partial charge in [0.25, 0.3) is 0 Å². The van der Waals surface area contributed by atoms with Crippen LogP contribution >= 0.6 is 0 Å². The van der Waals surface area contributed by atoms with E-state index in [-0.39, 0.29) is 56.6 Å². The van der Waals surface area contributed by atoms with E-state index in [1.807, 2.05) is 0 Å². The first-order valence-electron chi connectivity index (χ1n) is 22.4. The molecule has 0 aromatic heterocycles. The highest BCUT2D eigenvalue weighted by Crippen LogP contribution is 2.36. The van der Waals surface area contributed by atoms with Crippen LogP contribution in [0.1, 0.15) is 206 Å². The topological polar surface area (TPSA) is 151 Å². The number of aliphatic hydroxyl groups excluding tert-OH is 4. The molecule has 1 fully saturated rings. The summed E-state index contributed by atoms with van der Waals surface area (Å²) in [5.74, 6) is -1.66. The van der Waals surface area contributed by atoms with Crippen molar-refractivity contribution in [2.24, 2.45) is 11.8 Å². The van der Waals surface area contributed by atoms with Crippen LogP contribution in [0.15, 0.2) is 12.2 Å². The number of carbonyl (C=O) groups is 3. The van der Waals surface area contributed by atoms with Gasteiger partial charge in [-0.25, -0.2) is 0 Å². The molecule has 0 aromatic carbocycles. The summed E-state index contributed by atoms with van der Waals surface area (Å²) in [6.45, 7) is 3.90. The number of hydrogen-bond acceptors (Lipinski definition) is 9. The number of carbonyl (C=O) groups excluding carboxylic acids is 3. The van der Waals surface area contributed by atoms with Crippen molar-refractivity contribution in [1.29, 1.82) is 0 Å². The average molecular weight is 767 g/mol. The molecule has 0 radical (unpaired) electrons. The Hall–Kier alpha value is -1.81. The monoisotopic (exact) mass is 767 g/mol. The molecule has 9 nitrogen and oxygen atoms in total. The second kappa shape index (κ2) is 34.4. The van der Waals surface area contributed by atoms with Gasteiger partial charge in [0.2, 0.25) is 0 Å². The molecule has 0 amide bonds. The number of aliphatic hydroxyl groups is 4. The summed E-state index contributed by atoms with van der Waals surface area (Å²) in [4.78, 5) is 36.8. The molecule has 0 bridgehead atoms. The van der Waals surface area contributed by atoms with Gasteiger partial charge in [0.1, 0.15) is 25.1 Å². The molecule has 1 saturated carbocycles. The Morgan fingerprint density at radius 3 is 1.46 bits per heavy atom. The number of esters is 2. The fourth-order valence-electron chi connectivity index (χ4n) is 7.50. The molecule has 6 atom stereocenters. The van der Waals surface area contributed by atoms with Gasteiger partial charge in [-0.1, -0.05) is 161 Å². The van der Waals surface area contributed by atoms with Crippen LogP contribution in [0.4, 0.5) is 0 Å². The molecule has 1 aliphatic carbocycles. The van der Waals surface area contributed by atoms with Gasteiger partial charge in [-0.2, -0.15) is 0 Å². The van der Waals surface area contributed by atoms with Crippen molar-refractivity contribution in [3.05, 3.63) is 12.2 Å². The molecule has 0 heterocycles. The van der Waals surface area contributed by atoms with Crippen LogP contribution in [-0.4, -0.2) is 75.8 Å². The molecule has 0 spiro atoms. The third-order valence-electron chi connectivity index (χ3n) is 11.0. The number of ether oxygens (including phenoxy) is 2. The molecular formula is C45H82O9. The van der Waals surface area contributed by atoms with Gasteiger partial charge in [0.05, 0.1) is 18.3 Å². The maximum atomic E-state index is 12.7. The molecule has 0 saturated heterocycles. The Labute approximate surface area is 329 Å². The molecule has 0 aromatic rings. The third kappa shape index (κ3) is 27.7. The summed E-state index contributed by atoms with van der Waals surface area (Å²) in [5.41, 5.74) is 0. The highest BCUT2D eigenvalue weighted by molar-refractivity contribution is 5.79. The Morgan fingerprint density at radius 2 is 0.981 bits per heavy atom. The number of ketones is 1. The van der Waals surface area contributed by atoms with Crippen LogP contribution in [0, 0.1) is 11.8 Å². The van der Waals surface area contributed by atoms with E-state index in [4.69, 9.17) is 9.47 Å². The molecule has 316 valence electrons. The van der Waals surface area contributed by atoms with E-state index >= 15 is 0 Å². The van der Waals surface area contributed by atoms with Gasteiger partial charge < -0.3 is 29.9 Å². The van der Waals surface area contributed by atoms with Crippen molar-refractivity contribution < 1.29 is 44.3 Å². The van der Waals surface area contributed by atoms with Gasteiger partial charge >= 0.3 is 11.9 Å². The Morgan fingerprint density at radius 1 is 0.574 bits per heavy atom. The molecule has 4 N–H and O–H groups in total. The lowest BCUT2D eigenvalue weighted by Crippen LogP contribution is -2.25. The average Bonchev–Trinajstić information content (AvgIpc) is 3.41. The Bertz CT molecular complexity index is 953. The van der Waals surface area contributed by atoms with Crippen LogP contribution in [0.25, 0.3) is 0 Å².